The third-order valence-electron chi connectivity index (χ3n) is 4.52. The van der Waals surface area contributed by atoms with E-state index in [1.54, 1.807) is 0 Å². The van der Waals surface area contributed by atoms with Gasteiger partial charge in [-0.1, -0.05) is 5.16 Å². The number of rotatable bonds is 2. The molecule has 2 heterocycles. The van der Waals surface area contributed by atoms with Crippen LogP contribution in [0.3, 0.4) is 0 Å². The number of nitrogens with zero attached hydrogens (tertiary/aromatic N) is 4. The zero-order valence-electron chi connectivity index (χ0n) is 12.7. The molecule has 0 aromatic carbocycles. The molecule has 1 atom stereocenters. The van der Waals surface area contributed by atoms with Crippen LogP contribution in [-0.4, -0.2) is 53.7 Å². The van der Waals surface area contributed by atoms with Gasteiger partial charge in [0.1, 0.15) is 5.82 Å². The third-order valence-corrected chi connectivity index (χ3v) is 4.52. The first-order chi connectivity index (χ1) is 10.1. The number of piperazine rings is 1. The highest BCUT2D eigenvalue weighted by atomic mass is 16.4. The predicted octanol–water partition coefficient (Wildman–Crippen LogP) is 0.805. The number of oxime groups is 1. The van der Waals surface area contributed by atoms with Gasteiger partial charge in [0.05, 0.1) is 5.56 Å². The number of hydrogen-bond donors (Lipinski definition) is 2. The summed E-state index contributed by atoms with van der Waals surface area (Å²) in [5, 5.41) is 12.3. The van der Waals surface area contributed by atoms with E-state index in [-0.39, 0.29) is 5.84 Å². The van der Waals surface area contributed by atoms with E-state index in [1.807, 2.05) is 0 Å². The van der Waals surface area contributed by atoms with Crippen molar-refractivity contribution in [1.82, 2.24) is 9.88 Å². The second-order valence-electron chi connectivity index (χ2n) is 6.11. The molecule has 0 bridgehead atoms. The maximum atomic E-state index is 9.08. The lowest BCUT2D eigenvalue weighted by Gasteiger charge is -2.39. The molecule has 6 heteroatoms. The SMILES string of the molecule is CC1CN(C)CCN1c1nc2c(cc1C(N)=NO)CCC2. The molecule has 21 heavy (non-hydrogen) atoms. The number of nitrogens with two attached hydrogens (primary N) is 1. The summed E-state index contributed by atoms with van der Waals surface area (Å²) in [5.41, 5.74) is 9.06. The molecular formula is C15H23N5O. The van der Waals surface area contributed by atoms with Crippen molar-refractivity contribution in [3.05, 3.63) is 22.9 Å². The summed E-state index contributed by atoms with van der Waals surface area (Å²) in [6.07, 6.45) is 3.20. The Bertz CT molecular complexity index is 571. The van der Waals surface area contributed by atoms with Gasteiger partial charge in [0, 0.05) is 31.4 Å². The van der Waals surface area contributed by atoms with E-state index >= 15 is 0 Å². The van der Waals surface area contributed by atoms with Crippen LogP contribution in [0.1, 0.15) is 30.2 Å². The number of aryl methyl sites for hydroxylation is 2. The summed E-state index contributed by atoms with van der Waals surface area (Å²) in [6, 6.07) is 2.42. The minimum Gasteiger partial charge on any atom is -0.409 e. The zero-order valence-corrected chi connectivity index (χ0v) is 12.7. The van der Waals surface area contributed by atoms with E-state index in [9.17, 15) is 0 Å². The van der Waals surface area contributed by atoms with Crippen LogP contribution in [0.15, 0.2) is 11.2 Å². The van der Waals surface area contributed by atoms with E-state index in [2.05, 4.69) is 35.0 Å². The number of amidine groups is 1. The number of pyridine rings is 1. The molecule has 3 rings (SSSR count). The van der Waals surface area contributed by atoms with Gasteiger partial charge in [-0.15, -0.1) is 0 Å². The molecule has 0 saturated carbocycles. The minimum atomic E-state index is 0.151. The average Bonchev–Trinajstić information content (AvgIpc) is 2.92. The molecule has 6 nitrogen and oxygen atoms in total. The molecular weight excluding hydrogens is 266 g/mol. The summed E-state index contributed by atoms with van der Waals surface area (Å²) < 4.78 is 0. The van der Waals surface area contributed by atoms with Crippen molar-refractivity contribution in [2.24, 2.45) is 10.9 Å². The molecule has 0 radical (unpaired) electrons. The molecule has 1 aromatic heterocycles. The van der Waals surface area contributed by atoms with Gasteiger partial charge < -0.3 is 20.7 Å². The second kappa shape index (κ2) is 5.52. The van der Waals surface area contributed by atoms with Crippen molar-refractivity contribution in [2.75, 3.05) is 31.6 Å². The van der Waals surface area contributed by atoms with Crippen LogP contribution in [-0.2, 0) is 12.8 Å². The summed E-state index contributed by atoms with van der Waals surface area (Å²) in [7, 11) is 2.13. The summed E-state index contributed by atoms with van der Waals surface area (Å²) in [4.78, 5) is 9.46. The lowest BCUT2D eigenvalue weighted by atomic mass is 10.1. The van der Waals surface area contributed by atoms with Crippen molar-refractivity contribution < 1.29 is 5.21 Å². The van der Waals surface area contributed by atoms with Crippen molar-refractivity contribution >= 4 is 11.7 Å². The molecule has 1 aromatic rings. The highest BCUT2D eigenvalue weighted by molar-refractivity contribution is 6.01. The highest BCUT2D eigenvalue weighted by Crippen LogP contribution is 2.29. The first-order valence-corrected chi connectivity index (χ1v) is 7.56. The molecule has 2 aliphatic rings. The van der Waals surface area contributed by atoms with E-state index in [1.165, 1.54) is 11.3 Å². The van der Waals surface area contributed by atoms with E-state index in [0.717, 1.165) is 50.3 Å². The molecule has 1 fully saturated rings. The maximum Gasteiger partial charge on any atom is 0.173 e. The fourth-order valence-electron chi connectivity index (χ4n) is 3.38. The summed E-state index contributed by atoms with van der Waals surface area (Å²) in [6.45, 7) is 5.10. The lowest BCUT2D eigenvalue weighted by molar-refractivity contribution is 0.274. The van der Waals surface area contributed by atoms with Crippen LogP contribution in [0.4, 0.5) is 5.82 Å². The smallest absolute Gasteiger partial charge is 0.173 e. The number of hydrogen-bond acceptors (Lipinski definition) is 5. The van der Waals surface area contributed by atoms with Crippen LogP contribution >= 0.6 is 0 Å². The standard InChI is InChI=1S/C15H23N5O/c1-10-9-19(2)6-7-20(10)15-12(14(16)18-21)8-11-4-3-5-13(11)17-15/h8,10,21H,3-7,9H2,1-2H3,(H2,16,18). The Hall–Kier alpha value is -1.82. The summed E-state index contributed by atoms with van der Waals surface area (Å²) >= 11 is 0. The second-order valence-corrected chi connectivity index (χ2v) is 6.11. The van der Waals surface area contributed by atoms with E-state index in [0.29, 0.717) is 6.04 Å². The van der Waals surface area contributed by atoms with Crippen molar-refractivity contribution in [1.29, 1.82) is 0 Å². The third kappa shape index (κ3) is 2.55. The van der Waals surface area contributed by atoms with Crippen molar-refractivity contribution in [2.45, 2.75) is 32.2 Å². The monoisotopic (exact) mass is 289 g/mol. The fourth-order valence-corrected chi connectivity index (χ4v) is 3.38. The number of aromatic nitrogens is 1. The Labute approximate surface area is 125 Å². The van der Waals surface area contributed by atoms with Gasteiger partial charge in [-0.3, -0.25) is 0 Å². The zero-order chi connectivity index (χ0) is 15.0. The Kier molecular flexibility index (Phi) is 3.71. The minimum absolute atomic E-state index is 0.151. The first kappa shape index (κ1) is 14.1. The number of fused-ring (bicyclic) bond motifs is 1. The number of anilines is 1. The number of likely N-dealkylation sites (N-methyl/N-ethyl adjacent to an activating group) is 1. The molecule has 1 aliphatic carbocycles. The van der Waals surface area contributed by atoms with Gasteiger partial charge in [0.25, 0.3) is 0 Å². The quantitative estimate of drug-likeness (QED) is 0.364. The molecule has 1 saturated heterocycles. The van der Waals surface area contributed by atoms with Gasteiger partial charge in [0.15, 0.2) is 5.84 Å². The molecule has 1 unspecified atom stereocenters. The van der Waals surface area contributed by atoms with Gasteiger partial charge in [-0.25, -0.2) is 4.98 Å². The molecule has 1 aliphatic heterocycles. The Morgan fingerprint density at radius 3 is 2.95 bits per heavy atom. The van der Waals surface area contributed by atoms with Crippen LogP contribution in [0.25, 0.3) is 0 Å². The van der Waals surface area contributed by atoms with Crippen molar-refractivity contribution in [3.8, 4) is 0 Å². The highest BCUT2D eigenvalue weighted by Gasteiger charge is 2.27. The average molecular weight is 289 g/mol. The molecule has 0 amide bonds. The van der Waals surface area contributed by atoms with E-state index in [4.69, 9.17) is 15.9 Å². The van der Waals surface area contributed by atoms with Crippen LogP contribution < -0.4 is 10.6 Å². The Morgan fingerprint density at radius 1 is 1.43 bits per heavy atom. The van der Waals surface area contributed by atoms with Gasteiger partial charge in [-0.2, -0.15) is 0 Å². The van der Waals surface area contributed by atoms with Gasteiger partial charge in [0.2, 0.25) is 0 Å². The lowest BCUT2D eigenvalue weighted by Crippen LogP contribution is -2.51. The van der Waals surface area contributed by atoms with Crippen molar-refractivity contribution in [3.63, 3.8) is 0 Å². The Morgan fingerprint density at radius 2 is 2.24 bits per heavy atom. The Balaban J connectivity index is 2.04. The van der Waals surface area contributed by atoms with Crippen LogP contribution in [0.5, 0.6) is 0 Å². The van der Waals surface area contributed by atoms with Gasteiger partial charge >= 0.3 is 0 Å². The largest absolute Gasteiger partial charge is 0.409 e. The van der Waals surface area contributed by atoms with Crippen LogP contribution in [0.2, 0.25) is 0 Å². The topological polar surface area (TPSA) is 78.0 Å². The normalized spacial score (nSPS) is 23.4. The summed E-state index contributed by atoms with van der Waals surface area (Å²) in [5.74, 6) is 1.02. The van der Waals surface area contributed by atoms with E-state index < -0.39 is 0 Å². The van der Waals surface area contributed by atoms with Crippen LogP contribution in [0, 0.1) is 0 Å². The van der Waals surface area contributed by atoms with Gasteiger partial charge in [-0.05, 0) is 44.9 Å². The molecule has 3 N–H and O–H groups in total. The first-order valence-electron chi connectivity index (χ1n) is 7.56. The predicted molar refractivity (Wildman–Crippen MR) is 83.1 cm³/mol. The fraction of sp³-hybridized carbons (Fsp3) is 0.600. The molecule has 114 valence electrons. The maximum absolute atomic E-state index is 9.08. The molecule has 0 spiro atoms.